The van der Waals surface area contributed by atoms with E-state index in [-0.39, 0.29) is 24.3 Å². The summed E-state index contributed by atoms with van der Waals surface area (Å²) in [6.07, 6.45) is 1.31. The van der Waals surface area contributed by atoms with Crippen LogP contribution >= 0.6 is 0 Å². The monoisotopic (exact) mass is 302 g/mol. The second-order valence-electron chi connectivity index (χ2n) is 4.17. The fourth-order valence-electron chi connectivity index (χ4n) is 1.49. The summed E-state index contributed by atoms with van der Waals surface area (Å²) in [4.78, 5) is 21.5. The van der Waals surface area contributed by atoms with Crippen molar-refractivity contribution in [2.75, 3.05) is 18.6 Å². The summed E-state index contributed by atoms with van der Waals surface area (Å²) in [6, 6.07) is 3.60. The molecule has 0 unspecified atom stereocenters. The Hall–Kier alpha value is -2.16. The highest BCUT2D eigenvalue weighted by Gasteiger charge is 2.20. The normalized spacial score (nSPS) is 11.1. The number of nitro groups is 1. The molecule has 0 aliphatic rings. The van der Waals surface area contributed by atoms with Crippen LogP contribution in [0, 0.1) is 10.1 Å². The average Bonchev–Trinajstić information content (AvgIpc) is 2.33. The van der Waals surface area contributed by atoms with E-state index < -0.39 is 32.1 Å². The summed E-state index contributed by atoms with van der Waals surface area (Å²) in [5.74, 6) is -1.48. The van der Waals surface area contributed by atoms with Crippen LogP contribution in [0.2, 0.25) is 0 Å². The maximum Gasteiger partial charge on any atom is 0.311 e. The Kier molecular flexibility index (Phi) is 5.03. The topological polar surface area (TPSA) is 127 Å². The van der Waals surface area contributed by atoms with Gasteiger partial charge in [0.05, 0.1) is 16.2 Å². The molecule has 0 spiro atoms. The number of para-hydroxylation sites is 1. The molecule has 0 aliphatic heterocycles. The molecule has 0 saturated heterocycles. The molecule has 9 heteroatoms. The Balaban J connectivity index is 2.69. The number of phenolic OH excluding ortho intramolecular Hbond substituents is 1. The number of nitro benzene ring substituents is 1. The number of nitrogens with one attached hydrogen (secondary N) is 1. The van der Waals surface area contributed by atoms with Gasteiger partial charge in [0.1, 0.15) is 9.84 Å². The maximum atomic E-state index is 11.7. The molecular weight excluding hydrogens is 288 g/mol. The van der Waals surface area contributed by atoms with Crippen molar-refractivity contribution >= 4 is 21.4 Å². The predicted octanol–water partition coefficient (Wildman–Crippen LogP) is 0.465. The van der Waals surface area contributed by atoms with Crippen LogP contribution in [0.1, 0.15) is 16.8 Å². The number of rotatable bonds is 6. The highest BCUT2D eigenvalue weighted by Crippen LogP contribution is 2.28. The Morgan fingerprint density at radius 3 is 2.65 bits per heavy atom. The number of phenols is 1. The predicted molar refractivity (Wildman–Crippen MR) is 71.4 cm³/mol. The van der Waals surface area contributed by atoms with Crippen molar-refractivity contribution in [2.24, 2.45) is 0 Å². The molecule has 1 aromatic rings. The first kappa shape index (κ1) is 15.9. The lowest BCUT2D eigenvalue weighted by Crippen LogP contribution is -2.26. The van der Waals surface area contributed by atoms with Gasteiger partial charge in [0, 0.05) is 18.9 Å². The quantitative estimate of drug-likeness (QED) is 0.446. The summed E-state index contributed by atoms with van der Waals surface area (Å²) in [7, 11) is -3.10. The van der Waals surface area contributed by atoms with Gasteiger partial charge < -0.3 is 10.4 Å². The molecule has 8 nitrogen and oxygen atoms in total. The highest BCUT2D eigenvalue weighted by molar-refractivity contribution is 7.90. The van der Waals surface area contributed by atoms with E-state index in [9.17, 15) is 28.4 Å². The zero-order chi connectivity index (χ0) is 15.3. The SMILES string of the molecule is CS(=O)(=O)CCCNC(=O)c1cccc([N+](=O)[O-])c1O. The van der Waals surface area contributed by atoms with Gasteiger partial charge in [-0.3, -0.25) is 14.9 Å². The van der Waals surface area contributed by atoms with E-state index in [1.54, 1.807) is 0 Å². The summed E-state index contributed by atoms with van der Waals surface area (Å²) in [5.41, 5.74) is -0.785. The first-order valence-electron chi connectivity index (χ1n) is 5.64. The number of hydrogen-bond donors (Lipinski definition) is 2. The van der Waals surface area contributed by atoms with Gasteiger partial charge in [0.25, 0.3) is 5.91 Å². The van der Waals surface area contributed by atoms with Crippen LogP contribution in [0.4, 0.5) is 5.69 Å². The molecule has 0 heterocycles. The summed E-state index contributed by atoms with van der Waals surface area (Å²) < 4.78 is 21.8. The van der Waals surface area contributed by atoms with Gasteiger partial charge in [-0.05, 0) is 12.5 Å². The first-order chi connectivity index (χ1) is 9.22. The van der Waals surface area contributed by atoms with Gasteiger partial charge in [-0.1, -0.05) is 6.07 Å². The molecule has 2 N–H and O–H groups in total. The third-order valence-corrected chi connectivity index (χ3v) is 3.46. The van der Waals surface area contributed by atoms with Crippen LogP contribution in [-0.4, -0.2) is 42.9 Å². The molecular formula is C11H14N2O6S. The van der Waals surface area contributed by atoms with Gasteiger partial charge in [-0.2, -0.15) is 0 Å². The number of amides is 1. The fourth-order valence-corrected chi connectivity index (χ4v) is 2.16. The van der Waals surface area contributed by atoms with Crippen molar-refractivity contribution in [1.82, 2.24) is 5.32 Å². The fraction of sp³-hybridized carbons (Fsp3) is 0.364. The minimum atomic E-state index is -3.10. The summed E-state index contributed by atoms with van der Waals surface area (Å²) in [6.45, 7) is 0.0913. The smallest absolute Gasteiger partial charge is 0.311 e. The van der Waals surface area contributed by atoms with Crippen LogP contribution in [0.15, 0.2) is 18.2 Å². The molecule has 0 atom stereocenters. The van der Waals surface area contributed by atoms with E-state index in [0.29, 0.717) is 0 Å². The lowest BCUT2D eigenvalue weighted by molar-refractivity contribution is -0.385. The van der Waals surface area contributed by atoms with Crippen molar-refractivity contribution in [2.45, 2.75) is 6.42 Å². The van der Waals surface area contributed by atoms with Crippen molar-refractivity contribution in [1.29, 1.82) is 0 Å². The zero-order valence-electron chi connectivity index (χ0n) is 10.7. The van der Waals surface area contributed by atoms with Crippen molar-refractivity contribution < 1.29 is 23.2 Å². The van der Waals surface area contributed by atoms with Gasteiger partial charge in [0.15, 0.2) is 0 Å². The van der Waals surface area contributed by atoms with Crippen molar-refractivity contribution in [3.8, 4) is 5.75 Å². The molecule has 1 amide bonds. The largest absolute Gasteiger partial charge is 0.502 e. The minimum Gasteiger partial charge on any atom is -0.502 e. The third kappa shape index (κ3) is 4.50. The molecule has 1 aromatic carbocycles. The number of sulfone groups is 1. The Morgan fingerprint density at radius 1 is 1.45 bits per heavy atom. The number of hydrogen-bond acceptors (Lipinski definition) is 6. The van der Waals surface area contributed by atoms with Gasteiger partial charge in [-0.25, -0.2) is 8.42 Å². The number of carbonyl (C=O) groups excluding carboxylic acids is 1. The molecule has 20 heavy (non-hydrogen) atoms. The Labute approximate surface area is 115 Å². The third-order valence-electron chi connectivity index (χ3n) is 2.43. The molecule has 0 aliphatic carbocycles. The molecule has 0 fully saturated rings. The first-order valence-corrected chi connectivity index (χ1v) is 7.70. The van der Waals surface area contributed by atoms with E-state index in [2.05, 4.69) is 5.32 Å². The lowest BCUT2D eigenvalue weighted by Gasteiger charge is -2.06. The summed E-state index contributed by atoms with van der Waals surface area (Å²) in [5, 5.41) is 22.6. The zero-order valence-corrected chi connectivity index (χ0v) is 11.5. The number of carbonyl (C=O) groups is 1. The summed E-state index contributed by atoms with van der Waals surface area (Å²) >= 11 is 0. The van der Waals surface area contributed by atoms with E-state index >= 15 is 0 Å². The van der Waals surface area contributed by atoms with Crippen LogP contribution in [-0.2, 0) is 9.84 Å². The molecule has 110 valence electrons. The Bertz CT molecular complexity index is 626. The average molecular weight is 302 g/mol. The molecule has 0 saturated carbocycles. The second-order valence-corrected chi connectivity index (χ2v) is 6.43. The van der Waals surface area contributed by atoms with Crippen LogP contribution in [0.3, 0.4) is 0 Å². The Morgan fingerprint density at radius 2 is 2.10 bits per heavy atom. The minimum absolute atomic E-state index is 0.0752. The van der Waals surface area contributed by atoms with Crippen LogP contribution in [0.5, 0.6) is 5.75 Å². The van der Waals surface area contributed by atoms with Crippen molar-refractivity contribution in [3.63, 3.8) is 0 Å². The molecule has 1 rings (SSSR count). The number of nitrogens with zero attached hydrogens (tertiary/aromatic N) is 1. The lowest BCUT2D eigenvalue weighted by atomic mass is 10.1. The van der Waals surface area contributed by atoms with E-state index in [1.165, 1.54) is 12.1 Å². The van der Waals surface area contributed by atoms with E-state index in [1.807, 2.05) is 0 Å². The highest BCUT2D eigenvalue weighted by atomic mass is 32.2. The van der Waals surface area contributed by atoms with Crippen molar-refractivity contribution in [3.05, 3.63) is 33.9 Å². The van der Waals surface area contributed by atoms with E-state index in [4.69, 9.17) is 0 Å². The van der Waals surface area contributed by atoms with Gasteiger partial charge in [0.2, 0.25) is 5.75 Å². The second kappa shape index (κ2) is 6.33. The molecule has 0 radical (unpaired) electrons. The van der Waals surface area contributed by atoms with Crippen LogP contribution in [0.25, 0.3) is 0 Å². The molecule has 0 aromatic heterocycles. The standard InChI is InChI=1S/C11H14N2O6S/c1-20(18,19)7-3-6-12-11(15)8-4-2-5-9(10(8)14)13(16)17/h2,4-5,14H,3,6-7H2,1H3,(H,12,15). The number of benzene rings is 1. The van der Waals surface area contributed by atoms with Gasteiger partial charge in [-0.15, -0.1) is 0 Å². The molecule has 0 bridgehead atoms. The van der Waals surface area contributed by atoms with E-state index in [0.717, 1.165) is 12.3 Å². The van der Waals surface area contributed by atoms with Crippen LogP contribution < -0.4 is 5.32 Å². The van der Waals surface area contributed by atoms with Gasteiger partial charge >= 0.3 is 5.69 Å². The maximum absolute atomic E-state index is 11.7. The number of aromatic hydroxyl groups is 1.